The number of nitrogens with one attached hydrogen (secondary N) is 1. The van der Waals surface area contributed by atoms with Gasteiger partial charge in [0.15, 0.2) is 11.9 Å². The fourth-order valence-electron chi connectivity index (χ4n) is 2.39. The predicted octanol–water partition coefficient (Wildman–Crippen LogP) is 3.85. The Morgan fingerprint density at radius 2 is 2.29 bits per heavy atom. The van der Waals surface area contributed by atoms with Crippen LogP contribution in [0.3, 0.4) is 0 Å². The van der Waals surface area contributed by atoms with Crippen molar-refractivity contribution in [3.8, 4) is 5.75 Å². The lowest BCUT2D eigenvalue weighted by atomic mass is 10.0. The van der Waals surface area contributed by atoms with E-state index in [-0.39, 0.29) is 21.7 Å². The third kappa shape index (κ3) is 3.00. The predicted molar refractivity (Wildman–Crippen MR) is 77.3 cm³/mol. The number of aromatic nitrogens is 1. The van der Waals surface area contributed by atoms with Crippen molar-refractivity contribution >= 4 is 23.2 Å². The summed E-state index contributed by atoms with van der Waals surface area (Å²) in [4.78, 5) is 4.14. The van der Waals surface area contributed by atoms with Gasteiger partial charge in [-0.25, -0.2) is 9.37 Å². The molecule has 1 aromatic heterocycles. The lowest BCUT2D eigenvalue weighted by Crippen LogP contribution is -2.22. The molecular weight excluding hydrogens is 318 g/mol. The summed E-state index contributed by atoms with van der Waals surface area (Å²) in [6.07, 6.45) is 3.53. The number of hydrogen-bond acceptors (Lipinski definition) is 4. The molecule has 0 amide bonds. The third-order valence-corrected chi connectivity index (χ3v) is 4.12. The lowest BCUT2D eigenvalue weighted by Gasteiger charge is -2.22. The molecule has 0 aliphatic carbocycles. The Balaban J connectivity index is 1.90. The number of ether oxygens (including phenoxy) is 1. The van der Waals surface area contributed by atoms with Crippen LogP contribution < -0.4 is 10.1 Å². The highest BCUT2D eigenvalue weighted by molar-refractivity contribution is 6.35. The Kier molecular flexibility index (Phi) is 4.33. The van der Waals surface area contributed by atoms with Crippen molar-refractivity contribution in [1.29, 1.82) is 0 Å². The first-order valence-corrected chi connectivity index (χ1v) is 7.32. The zero-order valence-corrected chi connectivity index (χ0v) is 12.5. The van der Waals surface area contributed by atoms with Crippen molar-refractivity contribution < 1.29 is 13.5 Å². The molecule has 0 spiro atoms. The smallest absolute Gasteiger partial charge is 0.235 e. The van der Waals surface area contributed by atoms with Crippen LogP contribution in [0.2, 0.25) is 10.0 Å². The molecule has 2 aromatic rings. The zero-order valence-electron chi connectivity index (χ0n) is 11.0. The van der Waals surface area contributed by atoms with E-state index in [9.17, 15) is 4.39 Å². The molecular formula is C14H13Cl2FN2O2. The van der Waals surface area contributed by atoms with Crippen LogP contribution in [0, 0.1) is 11.7 Å². The molecule has 0 bridgehead atoms. The zero-order chi connectivity index (χ0) is 14.8. The second-order valence-electron chi connectivity index (χ2n) is 4.84. The number of oxazole rings is 1. The van der Waals surface area contributed by atoms with E-state index in [2.05, 4.69) is 10.3 Å². The first-order valence-electron chi connectivity index (χ1n) is 6.57. The van der Waals surface area contributed by atoms with E-state index in [1.165, 1.54) is 12.3 Å². The standard InChI is InChI=1S/C14H13Cl2FN2O2/c15-9-1-2-10(11(16)12(9)17)21-13(8-3-4-18-7-8)14-19-5-6-20-14/h1-2,5-6,8,13,18H,3-4,7H2/t8-,13+/m1/s1. The van der Waals surface area contributed by atoms with E-state index in [1.807, 2.05) is 0 Å². The Labute approximate surface area is 131 Å². The number of hydrogen-bond donors (Lipinski definition) is 1. The Bertz CT molecular complexity index is 616. The quantitative estimate of drug-likeness (QED) is 0.865. The van der Waals surface area contributed by atoms with Gasteiger partial charge in [-0.3, -0.25) is 0 Å². The van der Waals surface area contributed by atoms with E-state index in [4.69, 9.17) is 32.4 Å². The van der Waals surface area contributed by atoms with Gasteiger partial charge in [-0.1, -0.05) is 23.2 Å². The van der Waals surface area contributed by atoms with Gasteiger partial charge >= 0.3 is 0 Å². The van der Waals surface area contributed by atoms with Crippen LogP contribution in [0.15, 0.2) is 29.0 Å². The summed E-state index contributed by atoms with van der Waals surface area (Å²) in [5.74, 6) is 0.175. The highest BCUT2D eigenvalue weighted by Crippen LogP contribution is 2.37. The average molecular weight is 331 g/mol. The molecule has 21 heavy (non-hydrogen) atoms. The maximum Gasteiger partial charge on any atom is 0.235 e. The molecule has 4 nitrogen and oxygen atoms in total. The van der Waals surface area contributed by atoms with Gasteiger partial charge < -0.3 is 14.5 Å². The molecule has 7 heteroatoms. The minimum absolute atomic E-state index is 0.0393. The summed E-state index contributed by atoms with van der Waals surface area (Å²) in [6, 6.07) is 2.96. The number of halogens is 3. The van der Waals surface area contributed by atoms with Gasteiger partial charge in [-0.2, -0.15) is 0 Å². The van der Waals surface area contributed by atoms with Crippen LogP contribution >= 0.6 is 23.2 Å². The van der Waals surface area contributed by atoms with Crippen molar-refractivity contribution in [2.45, 2.75) is 12.5 Å². The molecule has 0 radical (unpaired) electrons. The van der Waals surface area contributed by atoms with Gasteiger partial charge in [0.05, 0.1) is 11.2 Å². The molecule has 2 atom stereocenters. The summed E-state index contributed by atoms with van der Waals surface area (Å²) >= 11 is 11.7. The molecule has 1 fully saturated rings. The largest absolute Gasteiger partial charge is 0.479 e. The average Bonchev–Trinajstić information content (AvgIpc) is 3.17. The number of nitrogens with zero attached hydrogens (tertiary/aromatic N) is 1. The second-order valence-corrected chi connectivity index (χ2v) is 5.62. The minimum Gasteiger partial charge on any atom is -0.479 e. The van der Waals surface area contributed by atoms with Crippen LogP contribution in [0.5, 0.6) is 5.75 Å². The van der Waals surface area contributed by atoms with Gasteiger partial charge in [-0.15, -0.1) is 0 Å². The molecule has 112 valence electrons. The molecule has 2 heterocycles. The van der Waals surface area contributed by atoms with E-state index in [0.717, 1.165) is 19.5 Å². The van der Waals surface area contributed by atoms with Crippen molar-refractivity contribution in [2.75, 3.05) is 13.1 Å². The van der Waals surface area contributed by atoms with Gasteiger partial charge in [0, 0.05) is 12.5 Å². The van der Waals surface area contributed by atoms with Crippen molar-refractivity contribution in [3.05, 3.63) is 46.3 Å². The highest BCUT2D eigenvalue weighted by Gasteiger charge is 2.32. The van der Waals surface area contributed by atoms with Crippen molar-refractivity contribution in [3.63, 3.8) is 0 Å². The van der Waals surface area contributed by atoms with E-state index in [0.29, 0.717) is 5.89 Å². The van der Waals surface area contributed by atoms with Crippen LogP contribution in [0.25, 0.3) is 0 Å². The Hall–Kier alpha value is -1.30. The van der Waals surface area contributed by atoms with Crippen molar-refractivity contribution in [2.24, 2.45) is 5.92 Å². The molecule has 1 aromatic carbocycles. The SMILES string of the molecule is Fc1c(Cl)ccc(O[C@H](c2ncco2)[C@@H]2CCNC2)c1Cl. The second kappa shape index (κ2) is 6.22. The summed E-state index contributed by atoms with van der Waals surface area (Å²) < 4.78 is 25.0. The van der Waals surface area contributed by atoms with Crippen LogP contribution in [-0.4, -0.2) is 18.1 Å². The fraction of sp³-hybridized carbons (Fsp3) is 0.357. The van der Waals surface area contributed by atoms with E-state index < -0.39 is 11.9 Å². The van der Waals surface area contributed by atoms with Gasteiger partial charge in [0.1, 0.15) is 17.0 Å². The van der Waals surface area contributed by atoms with Gasteiger partial charge in [-0.05, 0) is 25.1 Å². The molecule has 0 unspecified atom stereocenters. The van der Waals surface area contributed by atoms with Crippen LogP contribution in [0.4, 0.5) is 4.39 Å². The van der Waals surface area contributed by atoms with Crippen LogP contribution in [-0.2, 0) is 0 Å². The van der Waals surface area contributed by atoms with Crippen LogP contribution in [0.1, 0.15) is 18.4 Å². The summed E-state index contributed by atoms with van der Waals surface area (Å²) in [7, 11) is 0. The van der Waals surface area contributed by atoms with E-state index >= 15 is 0 Å². The summed E-state index contributed by atoms with van der Waals surface area (Å²) in [5.41, 5.74) is 0. The van der Waals surface area contributed by atoms with Crippen molar-refractivity contribution in [1.82, 2.24) is 10.3 Å². The fourth-order valence-corrected chi connectivity index (χ4v) is 2.81. The number of rotatable bonds is 4. The summed E-state index contributed by atoms with van der Waals surface area (Å²) in [6.45, 7) is 1.68. The molecule has 0 saturated carbocycles. The van der Waals surface area contributed by atoms with Gasteiger partial charge in [0.25, 0.3) is 0 Å². The van der Waals surface area contributed by atoms with E-state index in [1.54, 1.807) is 12.3 Å². The maximum atomic E-state index is 13.8. The highest BCUT2D eigenvalue weighted by atomic mass is 35.5. The first-order chi connectivity index (χ1) is 10.2. The third-order valence-electron chi connectivity index (χ3n) is 3.48. The van der Waals surface area contributed by atoms with Gasteiger partial charge in [0.2, 0.25) is 5.89 Å². The molecule has 1 saturated heterocycles. The maximum absolute atomic E-state index is 13.8. The molecule has 1 N–H and O–H groups in total. The lowest BCUT2D eigenvalue weighted by molar-refractivity contribution is 0.114. The topological polar surface area (TPSA) is 47.3 Å². The first kappa shape index (κ1) is 14.6. The monoisotopic (exact) mass is 330 g/mol. The molecule has 1 aliphatic rings. The molecule has 1 aliphatic heterocycles. The summed E-state index contributed by atoms with van der Waals surface area (Å²) in [5, 5.41) is 3.08. The minimum atomic E-state index is -0.688. The Morgan fingerprint density at radius 1 is 1.43 bits per heavy atom. The normalized spacial score (nSPS) is 19.7. The number of benzene rings is 1. The Morgan fingerprint density at radius 3 is 2.95 bits per heavy atom. The molecule has 3 rings (SSSR count).